The number of anilines is 1. The largest absolute Gasteiger partial charge is 0.379 e. The van der Waals surface area contributed by atoms with E-state index in [1.54, 1.807) is 13.3 Å². The quantitative estimate of drug-likeness (QED) is 0.931. The van der Waals surface area contributed by atoms with E-state index < -0.39 is 11.7 Å². The van der Waals surface area contributed by atoms with Gasteiger partial charge in [-0.1, -0.05) is 11.3 Å². The monoisotopic (exact) mass is 272 g/mol. The van der Waals surface area contributed by atoms with Gasteiger partial charge < -0.3 is 4.74 Å². The van der Waals surface area contributed by atoms with Gasteiger partial charge in [-0.05, 0) is 11.4 Å². The van der Waals surface area contributed by atoms with E-state index in [2.05, 4.69) is 10.3 Å². The van der Waals surface area contributed by atoms with Crippen molar-refractivity contribution >= 4 is 33.7 Å². The van der Waals surface area contributed by atoms with E-state index in [9.17, 15) is 9.18 Å². The molecule has 0 aromatic carbocycles. The Morgan fingerprint density at radius 2 is 2.47 bits per heavy atom. The fourth-order valence-electron chi connectivity index (χ4n) is 1.18. The number of carbonyl (C=O) groups excluding carboxylic acids is 1. The predicted molar refractivity (Wildman–Crippen MR) is 65.1 cm³/mol. The summed E-state index contributed by atoms with van der Waals surface area (Å²) in [4.78, 5) is 16.6. The number of nitrogens with one attached hydrogen (secondary N) is 1. The molecule has 2 aromatic rings. The van der Waals surface area contributed by atoms with Crippen LogP contribution < -0.4 is 5.32 Å². The molecule has 2 heterocycles. The van der Waals surface area contributed by atoms with E-state index >= 15 is 0 Å². The number of nitrogens with zero attached hydrogens (tertiary/aromatic N) is 1. The van der Waals surface area contributed by atoms with Crippen LogP contribution in [0.25, 0.3) is 0 Å². The summed E-state index contributed by atoms with van der Waals surface area (Å²) in [5.41, 5.74) is 0. The number of carbonyl (C=O) groups is 1. The number of methoxy groups -OCH3 is 1. The third-order valence-electron chi connectivity index (χ3n) is 1.88. The van der Waals surface area contributed by atoms with Crippen molar-refractivity contribution < 1.29 is 13.9 Å². The van der Waals surface area contributed by atoms with Crippen LogP contribution in [0, 0.1) is 5.82 Å². The predicted octanol–water partition coefficient (Wildman–Crippen LogP) is 2.74. The molecule has 1 amide bonds. The molecule has 0 saturated heterocycles. The normalized spacial score (nSPS) is 10.5. The van der Waals surface area contributed by atoms with Crippen molar-refractivity contribution in [2.45, 2.75) is 6.61 Å². The van der Waals surface area contributed by atoms with Gasteiger partial charge in [-0.2, -0.15) is 0 Å². The number of hydrogen-bond acceptors (Lipinski definition) is 5. The summed E-state index contributed by atoms with van der Waals surface area (Å²) < 4.78 is 18.1. The third kappa shape index (κ3) is 2.87. The van der Waals surface area contributed by atoms with Gasteiger partial charge in [0.1, 0.15) is 10.7 Å². The van der Waals surface area contributed by atoms with Gasteiger partial charge in [0, 0.05) is 13.3 Å². The van der Waals surface area contributed by atoms with Crippen LogP contribution in [0.15, 0.2) is 17.6 Å². The van der Waals surface area contributed by atoms with Gasteiger partial charge in [-0.15, -0.1) is 11.3 Å². The maximum absolute atomic E-state index is 13.1. The summed E-state index contributed by atoms with van der Waals surface area (Å²) in [5.74, 6) is -0.989. The molecule has 0 bridgehead atoms. The lowest BCUT2D eigenvalue weighted by Crippen LogP contribution is -2.11. The topological polar surface area (TPSA) is 51.2 Å². The Balaban J connectivity index is 2.05. The summed E-state index contributed by atoms with van der Waals surface area (Å²) in [5, 5.41) is 4.52. The number of thiazole rings is 1. The molecule has 0 aliphatic carbocycles. The lowest BCUT2D eigenvalue weighted by atomic mass is 10.4. The number of halogens is 1. The van der Waals surface area contributed by atoms with Crippen LogP contribution >= 0.6 is 22.7 Å². The van der Waals surface area contributed by atoms with Crippen molar-refractivity contribution in [2.24, 2.45) is 0 Å². The van der Waals surface area contributed by atoms with Crippen LogP contribution in [-0.4, -0.2) is 18.0 Å². The highest BCUT2D eigenvalue weighted by molar-refractivity contribution is 7.16. The molecule has 0 radical (unpaired) electrons. The Bertz CT molecular complexity index is 524. The minimum absolute atomic E-state index is 0.0634. The smallest absolute Gasteiger partial charge is 0.270 e. The van der Waals surface area contributed by atoms with Crippen LogP contribution in [0.2, 0.25) is 0 Å². The summed E-state index contributed by atoms with van der Waals surface area (Å²) in [6.45, 7) is 0.445. The molecule has 17 heavy (non-hydrogen) atoms. The van der Waals surface area contributed by atoms with Gasteiger partial charge >= 0.3 is 0 Å². The van der Waals surface area contributed by atoms with E-state index in [1.165, 1.54) is 22.8 Å². The Morgan fingerprint density at radius 3 is 3.12 bits per heavy atom. The first-order chi connectivity index (χ1) is 8.20. The van der Waals surface area contributed by atoms with Crippen molar-refractivity contribution in [2.75, 3.05) is 12.4 Å². The molecule has 0 saturated carbocycles. The zero-order chi connectivity index (χ0) is 12.3. The second-order valence-electron chi connectivity index (χ2n) is 3.12. The Labute approximate surface area is 105 Å². The van der Waals surface area contributed by atoms with Gasteiger partial charge in [0.2, 0.25) is 0 Å². The summed E-state index contributed by atoms with van der Waals surface area (Å²) in [6.07, 6.45) is 1.62. The first-order valence-electron chi connectivity index (χ1n) is 4.68. The lowest BCUT2D eigenvalue weighted by Gasteiger charge is -1.98. The van der Waals surface area contributed by atoms with Gasteiger partial charge in [0.05, 0.1) is 11.5 Å². The molecule has 0 aliphatic heterocycles. The van der Waals surface area contributed by atoms with E-state index in [-0.39, 0.29) is 4.88 Å². The molecule has 0 unspecified atom stereocenters. The minimum atomic E-state index is -0.513. The van der Waals surface area contributed by atoms with E-state index in [4.69, 9.17) is 4.74 Å². The number of hydrogen-bond donors (Lipinski definition) is 1. The second kappa shape index (κ2) is 5.35. The van der Waals surface area contributed by atoms with Crippen LogP contribution in [0.1, 0.15) is 14.5 Å². The van der Waals surface area contributed by atoms with Gasteiger partial charge in [-0.3, -0.25) is 10.1 Å². The van der Waals surface area contributed by atoms with Crippen LogP contribution in [-0.2, 0) is 11.3 Å². The molecular formula is C10H9FN2O2S2. The minimum Gasteiger partial charge on any atom is -0.379 e. The Hall–Kier alpha value is -1.31. The average molecular weight is 272 g/mol. The highest BCUT2D eigenvalue weighted by Crippen LogP contribution is 2.21. The van der Waals surface area contributed by atoms with Gasteiger partial charge in [0.25, 0.3) is 5.91 Å². The van der Waals surface area contributed by atoms with Crippen molar-refractivity contribution in [1.82, 2.24) is 4.98 Å². The third-order valence-corrected chi connectivity index (χ3v) is 3.66. The molecule has 2 aromatic heterocycles. The van der Waals surface area contributed by atoms with Crippen molar-refractivity contribution in [3.8, 4) is 0 Å². The second-order valence-corrected chi connectivity index (χ2v) is 5.15. The molecule has 0 aliphatic rings. The van der Waals surface area contributed by atoms with Crippen LogP contribution in [0.4, 0.5) is 9.52 Å². The molecule has 0 fully saturated rings. The fourth-order valence-corrected chi connectivity index (χ4v) is 2.63. The fraction of sp³-hybridized carbons (Fsp3) is 0.200. The van der Waals surface area contributed by atoms with Crippen molar-refractivity contribution in [3.05, 3.63) is 33.2 Å². The molecule has 0 atom stereocenters. The molecule has 7 heteroatoms. The first kappa shape index (κ1) is 12.2. The van der Waals surface area contributed by atoms with E-state index in [1.807, 2.05) is 0 Å². The maximum Gasteiger partial charge on any atom is 0.270 e. The molecule has 90 valence electrons. The molecule has 1 N–H and O–H groups in total. The zero-order valence-corrected chi connectivity index (χ0v) is 10.5. The summed E-state index contributed by atoms with van der Waals surface area (Å²) in [6, 6.07) is 1.26. The van der Waals surface area contributed by atoms with Crippen molar-refractivity contribution in [1.29, 1.82) is 0 Å². The standard InChI is InChI=1S/C10H9FN2O2S2/c1-15-5-6-4-12-10(17-6)13-9(14)8-7(11)2-3-16-8/h2-4H,5H2,1H3,(H,12,13,14). The number of ether oxygens (including phenoxy) is 1. The summed E-state index contributed by atoms with van der Waals surface area (Å²) >= 11 is 2.36. The van der Waals surface area contributed by atoms with Crippen LogP contribution in [0.5, 0.6) is 0 Å². The maximum atomic E-state index is 13.1. The number of thiophene rings is 1. The van der Waals surface area contributed by atoms with Crippen molar-refractivity contribution in [3.63, 3.8) is 0 Å². The Kier molecular flexibility index (Phi) is 3.82. The highest BCUT2D eigenvalue weighted by atomic mass is 32.1. The zero-order valence-electron chi connectivity index (χ0n) is 8.90. The summed E-state index contributed by atoms with van der Waals surface area (Å²) in [7, 11) is 1.58. The first-order valence-corrected chi connectivity index (χ1v) is 6.38. The lowest BCUT2D eigenvalue weighted by molar-refractivity contribution is 0.102. The molecule has 4 nitrogen and oxygen atoms in total. The van der Waals surface area contributed by atoms with Crippen LogP contribution in [0.3, 0.4) is 0 Å². The van der Waals surface area contributed by atoms with Gasteiger partial charge in [0.15, 0.2) is 5.13 Å². The molecule has 0 spiro atoms. The highest BCUT2D eigenvalue weighted by Gasteiger charge is 2.14. The average Bonchev–Trinajstić information content (AvgIpc) is 2.88. The van der Waals surface area contributed by atoms with E-state index in [0.29, 0.717) is 11.7 Å². The van der Waals surface area contributed by atoms with Gasteiger partial charge in [-0.25, -0.2) is 9.37 Å². The molecule has 2 rings (SSSR count). The Morgan fingerprint density at radius 1 is 1.65 bits per heavy atom. The number of amides is 1. The number of rotatable bonds is 4. The van der Waals surface area contributed by atoms with E-state index in [0.717, 1.165) is 16.2 Å². The number of aromatic nitrogens is 1. The molecular weight excluding hydrogens is 263 g/mol. The SMILES string of the molecule is COCc1cnc(NC(=O)c2sccc2F)s1.